The normalized spacial score (nSPS) is 11.3. The van der Waals surface area contributed by atoms with Gasteiger partial charge in [-0.1, -0.05) is 30.3 Å². The monoisotopic (exact) mass is 463 g/mol. The molecule has 0 fully saturated rings. The van der Waals surface area contributed by atoms with Gasteiger partial charge in [0.2, 0.25) is 0 Å². The highest BCUT2D eigenvalue weighted by atomic mass is 79.9. The minimum Gasteiger partial charge on any atom is -0.337 e. The molecule has 3 rings (SSSR count). The van der Waals surface area contributed by atoms with Crippen LogP contribution < -0.4 is 0 Å². The van der Waals surface area contributed by atoms with Crippen LogP contribution in [-0.4, -0.2) is 26.3 Å². The van der Waals surface area contributed by atoms with Crippen molar-refractivity contribution < 1.29 is 13.2 Å². The second-order valence-electron chi connectivity index (χ2n) is 6.14. The van der Waals surface area contributed by atoms with Gasteiger partial charge in [-0.05, 0) is 57.9 Å². The lowest BCUT2D eigenvalue weighted by atomic mass is 10.1. The van der Waals surface area contributed by atoms with Gasteiger partial charge >= 0.3 is 0 Å². The smallest absolute Gasteiger partial charge is 0.253 e. The van der Waals surface area contributed by atoms with E-state index in [1.165, 1.54) is 0 Å². The van der Waals surface area contributed by atoms with Crippen LogP contribution in [0.5, 0.6) is 0 Å². The summed E-state index contributed by atoms with van der Waals surface area (Å²) in [6.07, 6.45) is 0. The summed E-state index contributed by atoms with van der Waals surface area (Å²) in [6, 6.07) is 19.1. The number of sulfone groups is 1. The number of carbonyl (C=O) groups excluding carboxylic acids is 1. The van der Waals surface area contributed by atoms with E-state index >= 15 is 0 Å². The highest BCUT2D eigenvalue weighted by molar-refractivity contribution is 9.11. The topological polar surface area (TPSA) is 54.5 Å². The summed E-state index contributed by atoms with van der Waals surface area (Å²) in [5.41, 5.74) is 1.07. The van der Waals surface area contributed by atoms with Gasteiger partial charge in [0.1, 0.15) is 0 Å². The number of amides is 1. The molecule has 0 saturated carbocycles. The number of hydrogen-bond donors (Lipinski definition) is 0. The summed E-state index contributed by atoms with van der Waals surface area (Å²) in [7, 11) is -1.71. The number of halogens is 1. The van der Waals surface area contributed by atoms with Crippen LogP contribution in [-0.2, 0) is 22.1 Å². The van der Waals surface area contributed by atoms with E-state index < -0.39 is 9.84 Å². The molecular weight excluding hydrogens is 446 g/mol. The fourth-order valence-corrected chi connectivity index (χ4v) is 5.58. The van der Waals surface area contributed by atoms with Gasteiger partial charge in [-0.25, -0.2) is 8.42 Å². The maximum absolute atomic E-state index is 12.7. The molecule has 4 nitrogen and oxygen atoms in total. The van der Waals surface area contributed by atoms with Crippen LogP contribution in [0, 0.1) is 0 Å². The minimum atomic E-state index is -3.45. The number of rotatable bonds is 6. The average molecular weight is 464 g/mol. The van der Waals surface area contributed by atoms with E-state index in [1.807, 2.05) is 12.1 Å². The van der Waals surface area contributed by atoms with Gasteiger partial charge in [-0.2, -0.15) is 0 Å². The van der Waals surface area contributed by atoms with Crippen LogP contribution in [0.2, 0.25) is 0 Å². The molecule has 27 heavy (non-hydrogen) atoms. The number of benzene rings is 2. The largest absolute Gasteiger partial charge is 0.337 e. The molecule has 0 saturated heterocycles. The Labute approximate surface area is 171 Å². The zero-order valence-electron chi connectivity index (χ0n) is 14.6. The number of hydrogen-bond acceptors (Lipinski definition) is 4. The Morgan fingerprint density at radius 3 is 2.44 bits per heavy atom. The van der Waals surface area contributed by atoms with E-state index in [0.717, 1.165) is 8.66 Å². The van der Waals surface area contributed by atoms with E-state index in [0.29, 0.717) is 17.7 Å². The van der Waals surface area contributed by atoms with Gasteiger partial charge in [0.05, 0.1) is 21.0 Å². The lowest BCUT2D eigenvalue weighted by Crippen LogP contribution is -2.25. The molecule has 0 unspecified atom stereocenters. The van der Waals surface area contributed by atoms with Crippen LogP contribution in [0.3, 0.4) is 0 Å². The standard InChI is InChI=1S/C20H18BrNO3S2/c1-22(13-17-10-11-19(21)26-17)20(23)16-7-5-6-15(12-16)14-27(24,25)18-8-3-2-4-9-18/h2-12H,13-14H2,1H3. The van der Waals surface area contributed by atoms with Crippen molar-refractivity contribution in [3.8, 4) is 0 Å². The highest BCUT2D eigenvalue weighted by Gasteiger charge is 2.17. The van der Waals surface area contributed by atoms with Crippen molar-refractivity contribution in [1.82, 2.24) is 4.90 Å². The van der Waals surface area contributed by atoms with Gasteiger partial charge in [0, 0.05) is 17.5 Å². The van der Waals surface area contributed by atoms with Crippen LogP contribution in [0.15, 0.2) is 75.4 Å². The van der Waals surface area contributed by atoms with E-state index in [4.69, 9.17) is 0 Å². The fourth-order valence-electron chi connectivity index (χ4n) is 2.69. The third-order valence-corrected chi connectivity index (χ3v) is 7.31. The molecule has 1 heterocycles. The second-order valence-corrected chi connectivity index (χ2v) is 10.7. The van der Waals surface area contributed by atoms with E-state index in [1.54, 1.807) is 77.9 Å². The lowest BCUT2D eigenvalue weighted by molar-refractivity contribution is 0.0786. The van der Waals surface area contributed by atoms with Crippen molar-refractivity contribution in [2.45, 2.75) is 17.2 Å². The van der Waals surface area contributed by atoms with Gasteiger partial charge < -0.3 is 4.90 Å². The van der Waals surface area contributed by atoms with Crippen LogP contribution in [0.25, 0.3) is 0 Å². The Bertz CT molecular complexity index is 1050. The third-order valence-electron chi connectivity index (χ3n) is 4.00. The quantitative estimate of drug-likeness (QED) is 0.529. The van der Waals surface area contributed by atoms with Gasteiger partial charge in [-0.15, -0.1) is 11.3 Å². The average Bonchev–Trinajstić information content (AvgIpc) is 3.06. The first kappa shape index (κ1) is 19.8. The summed E-state index contributed by atoms with van der Waals surface area (Å²) in [5.74, 6) is -0.279. The molecule has 3 aromatic rings. The van der Waals surface area contributed by atoms with Crippen LogP contribution in [0.4, 0.5) is 0 Å². The van der Waals surface area contributed by atoms with Crippen molar-refractivity contribution in [1.29, 1.82) is 0 Å². The SMILES string of the molecule is CN(Cc1ccc(Br)s1)C(=O)c1cccc(CS(=O)(=O)c2ccccc2)c1. The Balaban J connectivity index is 1.76. The Kier molecular flexibility index (Phi) is 6.14. The fraction of sp³-hybridized carbons (Fsp3) is 0.150. The van der Waals surface area contributed by atoms with Gasteiger partial charge in [0.15, 0.2) is 9.84 Å². The Hall–Kier alpha value is -1.96. The second kappa shape index (κ2) is 8.37. The van der Waals surface area contributed by atoms with Crippen molar-refractivity contribution >= 4 is 43.0 Å². The molecule has 2 aromatic carbocycles. The molecule has 0 N–H and O–H groups in total. The first-order valence-electron chi connectivity index (χ1n) is 8.21. The molecule has 0 radical (unpaired) electrons. The van der Waals surface area contributed by atoms with E-state index in [9.17, 15) is 13.2 Å². The van der Waals surface area contributed by atoms with E-state index in [-0.39, 0.29) is 16.6 Å². The molecule has 1 aromatic heterocycles. The van der Waals surface area contributed by atoms with Crippen molar-refractivity contribution in [2.24, 2.45) is 0 Å². The Morgan fingerprint density at radius 2 is 1.78 bits per heavy atom. The number of thiophene rings is 1. The zero-order valence-corrected chi connectivity index (χ0v) is 17.9. The summed E-state index contributed by atoms with van der Waals surface area (Å²) >= 11 is 5.00. The Morgan fingerprint density at radius 1 is 1.04 bits per heavy atom. The molecular formula is C20H18BrNO3S2. The number of nitrogens with zero attached hydrogens (tertiary/aromatic N) is 1. The summed E-state index contributed by atoms with van der Waals surface area (Å²) in [4.78, 5) is 15.7. The maximum atomic E-state index is 12.7. The van der Waals surface area contributed by atoms with Crippen LogP contribution in [0.1, 0.15) is 20.8 Å². The van der Waals surface area contributed by atoms with Gasteiger partial charge in [0.25, 0.3) is 5.91 Å². The third kappa shape index (κ3) is 5.06. The maximum Gasteiger partial charge on any atom is 0.253 e. The first-order chi connectivity index (χ1) is 12.8. The molecule has 7 heteroatoms. The predicted molar refractivity (Wildman–Crippen MR) is 112 cm³/mol. The van der Waals surface area contributed by atoms with Crippen LogP contribution >= 0.6 is 27.3 Å². The molecule has 0 aliphatic rings. The zero-order chi connectivity index (χ0) is 19.4. The van der Waals surface area contributed by atoms with Gasteiger partial charge in [-0.3, -0.25) is 4.79 Å². The molecule has 140 valence electrons. The molecule has 0 aliphatic carbocycles. The predicted octanol–water partition coefficient (Wildman–Crippen LogP) is 4.76. The molecule has 1 amide bonds. The summed E-state index contributed by atoms with van der Waals surface area (Å²) in [5, 5.41) is 0. The summed E-state index contributed by atoms with van der Waals surface area (Å²) < 4.78 is 26.1. The van der Waals surface area contributed by atoms with Crippen molar-refractivity contribution in [3.05, 3.63) is 86.5 Å². The van der Waals surface area contributed by atoms with Crippen molar-refractivity contribution in [3.63, 3.8) is 0 Å². The lowest BCUT2D eigenvalue weighted by Gasteiger charge is -2.17. The van der Waals surface area contributed by atoms with E-state index in [2.05, 4.69) is 15.9 Å². The molecule has 0 aliphatic heterocycles. The molecule has 0 spiro atoms. The number of carbonyl (C=O) groups is 1. The minimum absolute atomic E-state index is 0.139. The summed E-state index contributed by atoms with van der Waals surface area (Å²) in [6.45, 7) is 0.502. The first-order valence-corrected chi connectivity index (χ1v) is 11.5. The van der Waals surface area contributed by atoms with Crippen molar-refractivity contribution in [2.75, 3.05) is 7.05 Å². The molecule has 0 bridgehead atoms. The molecule has 0 atom stereocenters. The highest BCUT2D eigenvalue weighted by Crippen LogP contribution is 2.24.